The number of rotatable bonds is 6. The molecule has 1 fully saturated rings. The fourth-order valence-electron chi connectivity index (χ4n) is 2.92. The fraction of sp³-hybridized carbons (Fsp3) is 0.364. The number of carbonyl (C=O) groups is 2. The first-order valence-electron chi connectivity index (χ1n) is 9.50. The number of nitrogens with zero attached hydrogens (tertiary/aromatic N) is 1. The van der Waals surface area contributed by atoms with Crippen LogP contribution in [0.1, 0.15) is 28.4 Å². The highest BCUT2D eigenvalue weighted by molar-refractivity contribution is 8.00. The van der Waals surface area contributed by atoms with E-state index in [1.165, 1.54) is 5.56 Å². The SMILES string of the molecule is Cc1ccc(S[C@H](C)C(=O)NCc2ccc(C(=O)N3CCOCC3)cc2)cc1. The maximum Gasteiger partial charge on any atom is 0.254 e. The Morgan fingerprint density at radius 2 is 1.71 bits per heavy atom. The Hall–Kier alpha value is -2.31. The highest BCUT2D eigenvalue weighted by Crippen LogP contribution is 2.23. The second-order valence-corrected chi connectivity index (χ2v) is 8.31. The molecule has 2 amide bonds. The van der Waals surface area contributed by atoms with E-state index in [0.29, 0.717) is 38.4 Å². The van der Waals surface area contributed by atoms with Crippen LogP contribution in [0.5, 0.6) is 0 Å². The van der Waals surface area contributed by atoms with E-state index in [-0.39, 0.29) is 17.1 Å². The summed E-state index contributed by atoms with van der Waals surface area (Å²) in [7, 11) is 0. The molecule has 5 nitrogen and oxygen atoms in total. The molecule has 1 heterocycles. The van der Waals surface area contributed by atoms with Gasteiger partial charge < -0.3 is 15.0 Å². The van der Waals surface area contributed by atoms with Crippen LogP contribution in [-0.2, 0) is 16.1 Å². The first kappa shape index (κ1) is 20.4. The lowest BCUT2D eigenvalue weighted by Gasteiger charge is -2.26. The molecule has 3 rings (SSSR count). The van der Waals surface area contributed by atoms with Crippen LogP contribution in [0.2, 0.25) is 0 Å². The molecule has 0 aliphatic carbocycles. The van der Waals surface area contributed by atoms with Crippen LogP contribution in [0.15, 0.2) is 53.4 Å². The Labute approximate surface area is 170 Å². The smallest absolute Gasteiger partial charge is 0.254 e. The monoisotopic (exact) mass is 398 g/mol. The van der Waals surface area contributed by atoms with Gasteiger partial charge in [0.2, 0.25) is 5.91 Å². The van der Waals surface area contributed by atoms with Crippen LogP contribution in [0, 0.1) is 6.92 Å². The average molecular weight is 399 g/mol. The summed E-state index contributed by atoms with van der Waals surface area (Å²) < 4.78 is 5.29. The van der Waals surface area contributed by atoms with Crippen molar-refractivity contribution >= 4 is 23.6 Å². The van der Waals surface area contributed by atoms with Crippen molar-refractivity contribution in [3.8, 4) is 0 Å². The molecule has 0 radical (unpaired) electrons. The molecule has 0 saturated carbocycles. The highest BCUT2D eigenvalue weighted by atomic mass is 32.2. The summed E-state index contributed by atoms with van der Waals surface area (Å²) in [6.45, 7) is 6.85. The van der Waals surface area contributed by atoms with Crippen LogP contribution in [0.25, 0.3) is 0 Å². The second-order valence-electron chi connectivity index (χ2n) is 6.89. The number of thioether (sulfide) groups is 1. The summed E-state index contributed by atoms with van der Waals surface area (Å²) in [5.41, 5.74) is 2.84. The second kappa shape index (κ2) is 9.75. The van der Waals surface area contributed by atoms with Crippen molar-refractivity contribution in [3.05, 3.63) is 65.2 Å². The molecule has 1 aliphatic rings. The third-order valence-electron chi connectivity index (χ3n) is 4.67. The van der Waals surface area contributed by atoms with Gasteiger partial charge in [-0.05, 0) is 43.7 Å². The standard InChI is InChI=1S/C22H26N2O3S/c1-16-3-9-20(10-4-16)28-17(2)21(25)23-15-18-5-7-19(8-6-18)22(26)24-11-13-27-14-12-24/h3-10,17H,11-15H2,1-2H3,(H,23,25)/t17-/m1/s1. The predicted octanol–water partition coefficient (Wildman–Crippen LogP) is 3.26. The molecular formula is C22H26N2O3S. The molecule has 0 spiro atoms. The Morgan fingerprint density at radius 3 is 2.36 bits per heavy atom. The topological polar surface area (TPSA) is 58.6 Å². The fourth-order valence-corrected chi connectivity index (χ4v) is 3.81. The Kier molecular flexibility index (Phi) is 7.12. The molecule has 2 aromatic carbocycles. The zero-order valence-corrected chi connectivity index (χ0v) is 17.1. The van der Waals surface area contributed by atoms with Crippen molar-refractivity contribution in [1.82, 2.24) is 10.2 Å². The van der Waals surface area contributed by atoms with Gasteiger partial charge in [0.25, 0.3) is 5.91 Å². The Balaban J connectivity index is 1.49. The molecule has 6 heteroatoms. The van der Waals surface area contributed by atoms with Gasteiger partial charge in [0.15, 0.2) is 0 Å². The average Bonchev–Trinajstić information content (AvgIpc) is 2.74. The van der Waals surface area contributed by atoms with Gasteiger partial charge in [-0.3, -0.25) is 9.59 Å². The first-order valence-corrected chi connectivity index (χ1v) is 10.4. The number of benzene rings is 2. The van der Waals surface area contributed by atoms with E-state index < -0.39 is 0 Å². The van der Waals surface area contributed by atoms with Gasteiger partial charge in [0, 0.05) is 30.1 Å². The molecular weight excluding hydrogens is 372 g/mol. The molecule has 0 bridgehead atoms. The van der Waals surface area contributed by atoms with Gasteiger partial charge >= 0.3 is 0 Å². The van der Waals surface area contributed by atoms with Gasteiger partial charge in [-0.1, -0.05) is 29.8 Å². The Morgan fingerprint density at radius 1 is 1.07 bits per heavy atom. The quantitative estimate of drug-likeness (QED) is 0.759. The van der Waals surface area contributed by atoms with E-state index in [1.807, 2.05) is 67.3 Å². The number of aryl methyl sites for hydroxylation is 1. The summed E-state index contributed by atoms with van der Waals surface area (Å²) in [6, 6.07) is 15.6. The summed E-state index contributed by atoms with van der Waals surface area (Å²) in [6.07, 6.45) is 0. The molecule has 2 aromatic rings. The number of hydrogen-bond donors (Lipinski definition) is 1. The third-order valence-corrected chi connectivity index (χ3v) is 5.78. The van der Waals surface area contributed by atoms with Gasteiger partial charge in [-0.2, -0.15) is 0 Å². The first-order chi connectivity index (χ1) is 13.5. The van der Waals surface area contributed by atoms with E-state index in [2.05, 4.69) is 5.32 Å². The van der Waals surface area contributed by atoms with E-state index in [1.54, 1.807) is 11.8 Å². The van der Waals surface area contributed by atoms with Crippen LogP contribution >= 0.6 is 11.8 Å². The molecule has 148 valence electrons. The van der Waals surface area contributed by atoms with E-state index >= 15 is 0 Å². The van der Waals surface area contributed by atoms with Gasteiger partial charge in [0.1, 0.15) is 0 Å². The van der Waals surface area contributed by atoms with Crippen molar-refractivity contribution in [1.29, 1.82) is 0 Å². The van der Waals surface area contributed by atoms with E-state index in [9.17, 15) is 9.59 Å². The minimum Gasteiger partial charge on any atom is -0.378 e. The van der Waals surface area contributed by atoms with Crippen LogP contribution in [0.3, 0.4) is 0 Å². The predicted molar refractivity (Wildman–Crippen MR) is 112 cm³/mol. The van der Waals surface area contributed by atoms with Crippen molar-refractivity contribution in [3.63, 3.8) is 0 Å². The van der Waals surface area contributed by atoms with Crippen molar-refractivity contribution in [2.24, 2.45) is 0 Å². The molecule has 0 unspecified atom stereocenters. The van der Waals surface area contributed by atoms with Crippen LogP contribution in [-0.4, -0.2) is 48.3 Å². The van der Waals surface area contributed by atoms with Crippen molar-refractivity contribution in [2.75, 3.05) is 26.3 Å². The normalized spacial score (nSPS) is 15.1. The molecule has 0 aromatic heterocycles. The summed E-state index contributed by atoms with van der Waals surface area (Å²) >= 11 is 1.55. The van der Waals surface area contributed by atoms with Gasteiger partial charge in [-0.25, -0.2) is 0 Å². The van der Waals surface area contributed by atoms with Gasteiger partial charge in [0.05, 0.1) is 18.5 Å². The number of amides is 2. The summed E-state index contributed by atoms with van der Waals surface area (Å²) in [5.74, 6) is 0.0288. The van der Waals surface area contributed by atoms with E-state index in [0.717, 1.165) is 10.5 Å². The minimum atomic E-state index is -0.176. The maximum atomic E-state index is 12.5. The lowest BCUT2D eigenvalue weighted by molar-refractivity contribution is -0.120. The summed E-state index contributed by atoms with van der Waals surface area (Å²) in [4.78, 5) is 27.7. The lowest BCUT2D eigenvalue weighted by Crippen LogP contribution is -2.40. The lowest BCUT2D eigenvalue weighted by atomic mass is 10.1. The minimum absolute atomic E-state index is 0.000885. The maximum absolute atomic E-state index is 12.5. The number of carbonyl (C=O) groups excluding carboxylic acids is 2. The summed E-state index contributed by atoms with van der Waals surface area (Å²) in [5, 5.41) is 2.79. The van der Waals surface area contributed by atoms with Gasteiger partial charge in [-0.15, -0.1) is 11.8 Å². The molecule has 1 atom stereocenters. The van der Waals surface area contributed by atoms with E-state index in [4.69, 9.17) is 4.74 Å². The zero-order valence-electron chi connectivity index (χ0n) is 16.3. The third kappa shape index (κ3) is 5.59. The molecule has 1 aliphatic heterocycles. The number of nitrogens with one attached hydrogen (secondary N) is 1. The zero-order chi connectivity index (χ0) is 19.9. The number of ether oxygens (including phenoxy) is 1. The van der Waals surface area contributed by atoms with Crippen LogP contribution in [0.4, 0.5) is 0 Å². The highest BCUT2D eigenvalue weighted by Gasteiger charge is 2.18. The number of morpholine rings is 1. The number of hydrogen-bond acceptors (Lipinski definition) is 4. The van der Waals surface area contributed by atoms with Crippen molar-refractivity contribution < 1.29 is 14.3 Å². The Bertz CT molecular complexity index is 800. The van der Waals surface area contributed by atoms with Crippen molar-refractivity contribution in [2.45, 2.75) is 30.5 Å². The molecule has 1 N–H and O–H groups in total. The largest absolute Gasteiger partial charge is 0.378 e. The molecule has 28 heavy (non-hydrogen) atoms. The van der Waals surface area contributed by atoms with Crippen LogP contribution < -0.4 is 5.32 Å². The molecule has 1 saturated heterocycles.